The molecule has 1 saturated heterocycles. The van der Waals surface area contributed by atoms with Gasteiger partial charge in [0.1, 0.15) is 0 Å². The van der Waals surface area contributed by atoms with Gasteiger partial charge in [-0.3, -0.25) is 4.79 Å². The summed E-state index contributed by atoms with van der Waals surface area (Å²) in [5.74, 6) is -0.259. The molecule has 0 aromatic heterocycles. The maximum atomic E-state index is 12.7. The van der Waals surface area contributed by atoms with E-state index < -0.39 is 10.0 Å². The van der Waals surface area contributed by atoms with Crippen LogP contribution < -0.4 is 10.6 Å². The lowest BCUT2D eigenvalue weighted by Gasteiger charge is -2.31. The molecule has 6 nitrogen and oxygen atoms in total. The Balaban J connectivity index is 0.00000264. The van der Waals surface area contributed by atoms with Crippen LogP contribution in [0.4, 0.5) is 5.69 Å². The first-order valence-corrected chi connectivity index (χ1v) is 8.91. The van der Waals surface area contributed by atoms with Gasteiger partial charge in [0.2, 0.25) is 15.9 Å². The van der Waals surface area contributed by atoms with Gasteiger partial charge in [-0.15, -0.1) is 12.4 Å². The Morgan fingerprint density at radius 1 is 1.39 bits per heavy atom. The largest absolute Gasteiger partial charge is 0.325 e. The van der Waals surface area contributed by atoms with E-state index in [2.05, 4.69) is 10.6 Å². The molecule has 2 rings (SSSR count). The lowest BCUT2D eigenvalue weighted by Crippen LogP contribution is -2.46. The van der Waals surface area contributed by atoms with Crippen molar-refractivity contribution >= 4 is 45.6 Å². The second-order valence-electron chi connectivity index (χ2n) is 5.31. The normalized spacial score (nSPS) is 19.0. The quantitative estimate of drug-likeness (QED) is 0.836. The highest BCUT2D eigenvalue weighted by Crippen LogP contribution is 2.28. The first kappa shape index (κ1) is 20.2. The summed E-state index contributed by atoms with van der Waals surface area (Å²) in [6, 6.07) is 4.52. The standard InChI is InChI=1S/C14H20ClN3O3S.ClH/c1-10(19)17-14-6-5-12(8-13(14)15)22(20,21)18-7-3-4-11(9-18)16-2;/h5-6,8,11,16H,3-4,7,9H2,1-2H3,(H,17,19);1H. The molecule has 0 radical (unpaired) electrons. The fraction of sp³-hybridized carbons (Fsp3) is 0.500. The number of benzene rings is 1. The van der Waals surface area contributed by atoms with Gasteiger partial charge in [-0.25, -0.2) is 8.42 Å². The summed E-state index contributed by atoms with van der Waals surface area (Å²) >= 11 is 6.06. The number of carbonyl (C=O) groups is 1. The van der Waals surface area contributed by atoms with Crippen molar-refractivity contribution in [2.75, 3.05) is 25.5 Å². The van der Waals surface area contributed by atoms with Gasteiger partial charge < -0.3 is 10.6 Å². The molecule has 23 heavy (non-hydrogen) atoms. The van der Waals surface area contributed by atoms with Crippen LogP contribution in [0.15, 0.2) is 23.1 Å². The predicted molar refractivity (Wildman–Crippen MR) is 93.8 cm³/mol. The third kappa shape index (κ3) is 4.81. The highest BCUT2D eigenvalue weighted by molar-refractivity contribution is 7.89. The van der Waals surface area contributed by atoms with Crippen molar-refractivity contribution in [2.45, 2.75) is 30.7 Å². The summed E-state index contributed by atoms with van der Waals surface area (Å²) in [5, 5.41) is 5.88. The van der Waals surface area contributed by atoms with E-state index in [4.69, 9.17) is 11.6 Å². The first-order valence-electron chi connectivity index (χ1n) is 7.09. The van der Waals surface area contributed by atoms with Gasteiger partial charge in [-0.2, -0.15) is 4.31 Å². The number of sulfonamides is 1. The van der Waals surface area contributed by atoms with Gasteiger partial charge >= 0.3 is 0 Å². The van der Waals surface area contributed by atoms with E-state index in [-0.39, 0.29) is 34.3 Å². The second kappa shape index (κ2) is 8.30. The van der Waals surface area contributed by atoms with Crippen LogP contribution in [0.25, 0.3) is 0 Å². The van der Waals surface area contributed by atoms with E-state index in [9.17, 15) is 13.2 Å². The van der Waals surface area contributed by atoms with Crippen molar-refractivity contribution in [3.63, 3.8) is 0 Å². The topological polar surface area (TPSA) is 78.5 Å². The number of hydrogen-bond acceptors (Lipinski definition) is 4. The lowest BCUT2D eigenvalue weighted by atomic mass is 10.1. The third-order valence-corrected chi connectivity index (χ3v) is 5.86. The van der Waals surface area contributed by atoms with Crippen LogP contribution in [-0.4, -0.2) is 44.8 Å². The van der Waals surface area contributed by atoms with E-state index in [1.54, 1.807) is 0 Å². The van der Waals surface area contributed by atoms with Gasteiger partial charge in [0.15, 0.2) is 0 Å². The fourth-order valence-corrected chi connectivity index (χ4v) is 4.34. The lowest BCUT2D eigenvalue weighted by molar-refractivity contribution is -0.114. The van der Waals surface area contributed by atoms with E-state index >= 15 is 0 Å². The third-order valence-electron chi connectivity index (χ3n) is 3.68. The smallest absolute Gasteiger partial charge is 0.243 e. The minimum absolute atomic E-state index is 0. The molecular weight excluding hydrogens is 361 g/mol. The molecule has 1 unspecified atom stereocenters. The zero-order valence-electron chi connectivity index (χ0n) is 13.0. The molecule has 1 aliphatic heterocycles. The van der Waals surface area contributed by atoms with Crippen LogP contribution >= 0.6 is 24.0 Å². The molecule has 0 aliphatic carbocycles. The Bertz CT molecular complexity index is 667. The number of halogens is 2. The summed E-state index contributed by atoms with van der Waals surface area (Å²) in [6.45, 7) is 2.32. The number of anilines is 1. The van der Waals surface area contributed by atoms with Crippen molar-refractivity contribution in [1.82, 2.24) is 9.62 Å². The van der Waals surface area contributed by atoms with Crippen LogP contribution in [0, 0.1) is 0 Å². The minimum atomic E-state index is -3.58. The Morgan fingerprint density at radius 2 is 2.09 bits per heavy atom. The number of hydrogen-bond donors (Lipinski definition) is 2. The van der Waals surface area contributed by atoms with Crippen molar-refractivity contribution in [3.8, 4) is 0 Å². The molecule has 1 aromatic rings. The number of nitrogens with zero attached hydrogens (tertiary/aromatic N) is 1. The average Bonchev–Trinajstić information content (AvgIpc) is 2.49. The van der Waals surface area contributed by atoms with Gasteiger partial charge in [0.05, 0.1) is 15.6 Å². The van der Waals surface area contributed by atoms with Crippen molar-refractivity contribution in [2.24, 2.45) is 0 Å². The van der Waals surface area contributed by atoms with Crippen LogP contribution in [-0.2, 0) is 14.8 Å². The van der Waals surface area contributed by atoms with Crippen LogP contribution in [0.1, 0.15) is 19.8 Å². The number of carbonyl (C=O) groups excluding carboxylic acids is 1. The molecule has 9 heteroatoms. The number of likely N-dealkylation sites (N-methyl/N-ethyl adjacent to an activating group) is 1. The van der Waals surface area contributed by atoms with Gasteiger partial charge in [-0.05, 0) is 38.1 Å². The summed E-state index contributed by atoms with van der Waals surface area (Å²) in [6.07, 6.45) is 1.78. The highest BCUT2D eigenvalue weighted by atomic mass is 35.5. The van der Waals surface area contributed by atoms with Crippen LogP contribution in [0.5, 0.6) is 0 Å². The van der Waals surface area contributed by atoms with E-state index in [1.165, 1.54) is 29.4 Å². The second-order valence-corrected chi connectivity index (χ2v) is 7.66. The zero-order valence-corrected chi connectivity index (χ0v) is 15.4. The molecule has 0 spiro atoms. The van der Waals surface area contributed by atoms with Crippen molar-refractivity contribution in [3.05, 3.63) is 23.2 Å². The van der Waals surface area contributed by atoms with Crippen molar-refractivity contribution in [1.29, 1.82) is 0 Å². The summed E-state index contributed by atoms with van der Waals surface area (Å²) in [7, 11) is -1.74. The number of piperidine rings is 1. The summed E-state index contributed by atoms with van der Waals surface area (Å²) in [4.78, 5) is 11.2. The molecule has 1 aromatic carbocycles. The molecule has 1 amide bonds. The Hall–Kier alpha value is -0.860. The molecule has 0 saturated carbocycles. The SMILES string of the molecule is CNC1CCCN(S(=O)(=O)c2ccc(NC(C)=O)c(Cl)c2)C1.Cl. The van der Waals surface area contributed by atoms with Gasteiger partial charge in [-0.1, -0.05) is 11.6 Å². The molecule has 1 atom stereocenters. The monoisotopic (exact) mass is 381 g/mol. The van der Waals surface area contributed by atoms with E-state index in [0.29, 0.717) is 18.8 Å². The zero-order chi connectivity index (χ0) is 16.3. The summed E-state index contributed by atoms with van der Waals surface area (Å²) in [5.41, 5.74) is 0.403. The van der Waals surface area contributed by atoms with Crippen LogP contribution in [0.2, 0.25) is 5.02 Å². The Labute approximate surface area is 148 Å². The Kier molecular flexibility index (Phi) is 7.29. The maximum absolute atomic E-state index is 12.7. The molecule has 130 valence electrons. The molecule has 1 heterocycles. The number of rotatable bonds is 4. The Morgan fingerprint density at radius 3 is 2.65 bits per heavy atom. The first-order chi connectivity index (χ1) is 10.3. The van der Waals surface area contributed by atoms with Crippen LogP contribution in [0.3, 0.4) is 0 Å². The predicted octanol–water partition coefficient (Wildman–Crippen LogP) is 2.09. The van der Waals surface area contributed by atoms with Crippen molar-refractivity contribution < 1.29 is 13.2 Å². The van der Waals surface area contributed by atoms with E-state index in [0.717, 1.165) is 12.8 Å². The maximum Gasteiger partial charge on any atom is 0.243 e. The van der Waals surface area contributed by atoms with Gasteiger partial charge in [0.25, 0.3) is 0 Å². The average molecular weight is 382 g/mol. The highest BCUT2D eigenvalue weighted by Gasteiger charge is 2.30. The fourth-order valence-electron chi connectivity index (χ4n) is 2.49. The summed E-state index contributed by atoms with van der Waals surface area (Å²) < 4.78 is 26.8. The number of nitrogens with one attached hydrogen (secondary N) is 2. The molecule has 0 bridgehead atoms. The molecule has 1 fully saturated rings. The molecule has 1 aliphatic rings. The minimum Gasteiger partial charge on any atom is -0.325 e. The molecular formula is C14H21Cl2N3O3S. The van der Waals surface area contributed by atoms with E-state index in [1.807, 2.05) is 7.05 Å². The van der Waals surface area contributed by atoms with Gasteiger partial charge in [0, 0.05) is 26.1 Å². The number of amides is 1. The molecule has 2 N–H and O–H groups in total.